The lowest BCUT2D eigenvalue weighted by molar-refractivity contribution is 0.687. The van der Waals surface area contributed by atoms with E-state index in [2.05, 4.69) is 32.6 Å². The van der Waals surface area contributed by atoms with Gasteiger partial charge in [-0.25, -0.2) is 4.98 Å². The lowest BCUT2D eigenvalue weighted by atomic mass is 10.1. The van der Waals surface area contributed by atoms with E-state index in [0.29, 0.717) is 16.8 Å². The summed E-state index contributed by atoms with van der Waals surface area (Å²) >= 11 is 1.42. The molecule has 1 aromatic carbocycles. The van der Waals surface area contributed by atoms with Crippen LogP contribution in [0, 0.1) is 11.3 Å². The number of H-pyrrole nitrogens is 1. The molecule has 0 radical (unpaired) electrons. The lowest BCUT2D eigenvalue weighted by Crippen LogP contribution is -2.15. The smallest absolute Gasteiger partial charge is 0.188 e. The Morgan fingerprint density at radius 3 is 3.05 bits per heavy atom. The third-order valence-electron chi connectivity index (χ3n) is 2.94. The van der Waals surface area contributed by atoms with E-state index >= 15 is 0 Å². The van der Waals surface area contributed by atoms with Gasteiger partial charge < -0.3 is 5.32 Å². The van der Waals surface area contributed by atoms with Crippen molar-refractivity contribution >= 4 is 11.8 Å². The number of rotatable bonds is 5. The number of hydrogen-bond acceptors (Lipinski definition) is 5. The summed E-state index contributed by atoms with van der Waals surface area (Å²) in [5.41, 5.74) is 1.82. The van der Waals surface area contributed by atoms with Gasteiger partial charge in [-0.2, -0.15) is 10.4 Å². The Morgan fingerprint density at radius 1 is 1.47 bits per heavy atom. The van der Waals surface area contributed by atoms with Gasteiger partial charge in [-0.3, -0.25) is 5.10 Å². The van der Waals surface area contributed by atoms with Crippen molar-refractivity contribution in [2.45, 2.75) is 35.5 Å². The first-order chi connectivity index (χ1) is 9.35. The van der Waals surface area contributed by atoms with Crippen molar-refractivity contribution in [1.82, 2.24) is 20.5 Å². The highest BCUT2D eigenvalue weighted by molar-refractivity contribution is 7.99. The molecular weight excluding hydrogens is 258 g/mol. The molecule has 2 N–H and O–H groups in total. The topological polar surface area (TPSA) is 77.4 Å². The Balaban J connectivity index is 1.74. The Hall–Kier alpha value is -1.84. The van der Waals surface area contributed by atoms with Crippen molar-refractivity contribution in [3.05, 3.63) is 35.7 Å². The average Bonchev–Trinajstić information content (AvgIpc) is 3.13. The second-order valence-corrected chi connectivity index (χ2v) is 5.52. The molecule has 0 spiro atoms. The molecule has 1 aliphatic rings. The highest BCUT2D eigenvalue weighted by Gasteiger charge is 2.20. The third kappa shape index (κ3) is 3.13. The van der Waals surface area contributed by atoms with Crippen LogP contribution in [0.15, 0.2) is 34.6 Å². The summed E-state index contributed by atoms with van der Waals surface area (Å²) < 4.78 is 0. The van der Waals surface area contributed by atoms with E-state index < -0.39 is 0 Å². The predicted octanol–water partition coefficient (Wildman–Crippen LogP) is 2.08. The summed E-state index contributed by atoms with van der Waals surface area (Å²) in [4.78, 5) is 4.95. The molecule has 0 unspecified atom stereocenters. The fourth-order valence-electron chi connectivity index (χ4n) is 1.76. The molecule has 96 valence electrons. The Labute approximate surface area is 115 Å². The normalized spacial score (nSPS) is 14.3. The zero-order valence-electron chi connectivity index (χ0n) is 10.3. The number of nitriles is 1. The molecule has 6 heteroatoms. The first-order valence-electron chi connectivity index (χ1n) is 6.15. The molecule has 1 aliphatic carbocycles. The average molecular weight is 271 g/mol. The van der Waals surface area contributed by atoms with Crippen molar-refractivity contribution in [2.75, 3.05) is 0 Å². The van der Waals surface area contributed by atoms with Crippen LogP contribution in [0.25, 0.3) is 0 Å². The van der Waals surface area contributed by atoms with Crippen molar-refractivity contribution in [2.24, 2.45) is 0 Å². The monoisotopic (exact) mass is 271 g/mol. The van der Waals surface area contributed by atoms with E-state index in [-0.39, 0.29) is 0 Å². The van der Waals surface area contributed by atoms with Gasteiger partial charge in [-0.15, -0.1) is 0 Å². The standard InChI is InChI=1S/C13H13N5S/c14-6-10-5-9(7-15-11-2-3-11)1-4-12(10)19-13-16-8-17-18-13/h1,4-5,8,11,15H,2-3,7H2,(H,16,17,18). The van der Waals surface area contributed by atoms with Crippen LogP contribution in [0.5, 0.6) is 0 Å². The first kappa shape index (κ1) is 12.2. The quantitative estimate of drug-likeness (QED) is 0.870. The van der Waals surface area contributed by atoms with Crippen LogP contribution in [0.4, 0.5) is 0 Å². The van der Waals surface area contributed by atoms with Crippen molar-refractivity contribution in [1.29, 1.82) is 5.26 Å². The second-order valence-electron chi connectivity index (χ2n) is 4.49. The van der Waals surface area contributed by atoms with Gasteiger partial charge in [0.25, 0.3) is 0 Å². The van der Waals surface area contributed by atoms with Crippen molar-refractivity contribution < 1.29 is 0 Å². The summed E-state index contributed by atoms with van der Waals surface area (Å²) in [6.07, 6.45) is 4.00. The van der Waals surface area contributed by atoms with Crippen LogP contribution >= 0.6 is 11.8 Å². The molecule has 0 bridgehead atoms. The first-order valence-corrected chi connectivity index (χ1v) is 6.96. The van der Waals surface area contributed by atoms with Gasteiger partial charge in [0.15, 0.2) is 5.16 Å². The van der Waals surface area contributed by atoms with Crippen LogP contribution in [0.2, 0.25) is 0 Å². The van der Waals surface area contributed by atoms with Gasteiger partial charge in [-0.1, -0.05) is 6.07 Å². The zero-order chi connectivity index (χ0) is 13.1. The van der Waals surface area contributed by atoms with Gasteiger partial charge in [0.05, 0.1) is 5.56 Å². The molecule has 1 saturated carbocycles. The third-order valence-corrected chi connectivity index (χ3v) is 3.90. The minimum Gasteiger partial charge on any atom is -0.310 e. The molecule has 0 atom stereocenters. The molecule has 3 rings (SSSR count). The fourth-order valence-corrected chi connectivity index (χ4v) is 2.52. The van der Waals surface area contributed by atoms with E-state index in [1.807, 2.05) is 12.1 Å². The van der Waals surface area contributed by atoms with Crippen LogP contribution in [-0.4, -0.2) is 21.2 Å². The molecule has 0 amide bonds. The molecule has 1 heterocycles. The maximum absolute atomic E-state index is 9.23. The molecule has 0 saturated heterocycles. The predicted molar refractivity (Wildman–Crippen MR) is 71.5 cm³/mol. The number of nitrogens with one attached hydrogen (secondary N) is 2. The number of hydrogen-bond donors (Lipinski definition) is 2. The van der Waals surface area contributed by atoms with Crippen molar-refractivity contribution in [3.8, 4) is 6.07 Å². The largest absolute Gasteiger partial charge is 0.310 e. The number of aromatic nitrogens is 3. The minimum absolute atomic E-state index is 0.675. The highest BCUT2D eigenvalue weighted by Crippen LogP contribution is 2.28. The summed E-state index contributed by atoms with van der Waals surface area (Å²) in [5.74, 6) is 0. The van der Waals surface area contributed by atoms with Crippen molar-refractivity contribution in [3.63, 3.8) is 0 Å². The summed E-state index contributed by atoms with van der Waals surface area (Å²) in [6.45, 7) is 0.826. The van der Waals surface area contributed by atoms with E-state index in [0.717, 1.165) is 17.0 Å². The Morgan fingerprint density at radius 2 is 2.37 bits per heavy atom. The number of nitrogens with zero attached hydrogens (tertiary/aromatic N) is 3. The number of benzene rings is 1. The van der Waals surface area contributed by atoms with E-state index in [1.165, 1.54) is 30.9 Å². The molecule has 19 heavy (non-hydrogen) atoms. The van der Waals surface area contributed by atoms with Gasteiger partial charge in [-0.05, 0) is 42.3 Å². The minimum atomic E-state index is 0.675. The van der Waals surface area contributed by atoms with Gasteiger partial charge >= 0.3 is 0 Å². The lowest BCUT2D eigenvalue weighted by Gasteiger charge is -2.06. The van der Waals surface area contributed by atoms with Gasteiger partial charge in [0.2, 0.25) is 0 Å². The molecule has 2 aromatic rings. The van der Waals surface area contributed by atoms with Gasteiger partial charge in [0, 0.05) is 17.5 Å². The van der Waals surface area contributed by atoms with E-state index in [4.69, 9.17) is 0 Å². The second kappa shape index (κ2) is 5.43. The van der Waals surface area contributed by atoms with E-state index in [1.54, 1.807) is 0 Å². The molecule has 1 aromatic heterocycles. The molecule has 0 aliphatic heterocycles. The summed E-state index contributed by atoms with van der Waals surface area (Å²) in [5, 5.41) is 19.9. The number of aromatic amines is 1. The molecule has 5 nitrogen and oxygen atoms in total. The summed E-state index contributed by atoms with van der Waals surface area (Å²) in [7, 11) is 0. The fraction of sp³-hybridized carbons (Fsp3) is 0.308. The Kier molecular flexibility index (Phi) is 3.49. The Bertz CT molecular complexity index is 598. The zero-order valence-corrected chi connectivity index (χ0v) is 11.1. The molecular formula is C13H13N5S. The maximum Gasteiger partial charge on any atom is 0.188 e. The summed E-state index contributed by atoms with van der Waals surface area (Å²) in [6, 6.07) is 8.87. The van der Waals surface area contributed by atoms with Crippen LogP contribution < -0.4 is 5.32 Å². The van der Waals surface area contributed by atoms with Gasteiger partial charge in [0.1, 0.15) is 12.4 Å². The van der Waals surface area contributed by atoms with Crippen LogP contribution in [-0.2, 0) is 6.54 Å². The van der Waals surface area contributed by atoms with Crippen LogP contribution in [0.3, 0.4) is 0 Å². The SMILES string of the molecule is N#Cc1cc(CNC2CC2)ccc1Sc1ncn[nH]1. The maximum atomic E-state index is 9.23. The highest BCUT2D eigenvalue weighted by atomic mass is 32.2. The molecule has 1 fully saturated rings. The van der Waals surface area contributed by atoms with Crippen LogP contribution in [0.1, 0.15) is 24.0 Å². The van der Waals surface area contributed by atoms with E-state index in [9.17, 15) is 5.26 Å².